The molecule has 0 saturated heterocycles. The number of rotatable bonds is 6. The average Bonchev–Trinajstić information content (AvgIpc) is 2.54. The molecule has 0 bridgehead atoms. The zero-order chi connectivity index (χ0) is 16.7. The fourth-order valence-electron chi connectivity index (χ4n) is 1.62. The first-order valence-corrected chi connectivity index (χ1v) is 6.68. The second kappa shape index (κ2) is 7.85. The van der Waals surface area contributed by atoms with Crippen LogP contribution in [0.15, 0.2) is 48.8 Å². The summed E-state index contributed by atoms with van der Waals surface area (Å²) in [5.74, 6) is 0.139. The molecule has 0 N–H and O–H groups in total. The predicted molar refractivity (Wildman–Crippen MR) is 78.7 cm³/mol. The normalized spacial score (nSPS) is 11.5. The monoisotopic (exact) mass is 318 g/mol. The number of nitrogens with zero attached hydrogens (tertiary/aromatic N) is 2. The lowest BCUT2D eigenvalue weighted by atomic mass is 10.3. The molecule has 0 saturated carbocycles. The molecule has 8 nitrogen and oxygen atoms in total. The first kappa shape index (κ1) is 16.4. The second-order valence-corrected chi connectivity index (χ2v) is 4.46. The van der Waals surface area contributed by atoms with Gasteiger partial charge in [-0.15, -0.1) is 0 Å². The number of carbonyl (C=O) groups excluding carboxylic acids is 1. The lowest BCUT2D eigenvalue weighted by Gasteiger charge is -2.13. The summed E-state index contributed by atoms with van der Waals surface area (Å²) in [6.45, 7) is 1.79. The average molecular weight is 318 g/mol. The Morgan fingerprint density at radius 3 is 2.65 bits per heavy atom. The highest BCUT2D eigenvalue weighted by Crippen LogP contribution is 2.18. The topological polar surface area (TPSA) is 101 Å². The minimum absolute atomic E-state index is 0.0983. The molecule has 0 aliphatic rings. The van der Waals surface area contributed by atoms with Crippen molar-refractivity contribution in [1.82, 2.24) is 4.98 Å². The number of nitro groups is 1. The van der Waals surface area contributed by atoms with Crippen LogP contribution < -0.4 is 4.74 Å². The largest absolute Gasteiger partial charge is 0.516 e. The van der Waals surface area contributed by atoms with Crippen LogP contribution in [0.2, 0.25) is 0 Å². The molecule has 0 fully saturated rings. The number of carbonyl (C=O) groups is 1. The van der Waals surface area contributed by atoms with Gasteiger partial charge in [0.25, 0.3) is 5.69 Å². The van der Waals surface area contributed by atoms with Gasteiger partial charge in [-0.25, -0.2) is 4.79 Å². The van der Waals surface area contributed by atoms with E-state index in [2.05, 4.69) is 4.98 Å². The van der Waals surface area contributed by atoms with Gasteiger partial charge in [0, 0.05) is 24.5 Å². The van der Waals surface area contributed by atoms with Gasteiger partial charge in [0.15, 0.2) is 0 Å². The highest BCUT2D eigenvalue weighted by molar-refractivity contribution is 5.64. The van der Waals surface area contributed by atoms with Crippen molar-refractivity contribution in [3.05, 3.63) is 64.5 Å². The summed E-state index contributed by atoms with van der Waals surface area (Å²) < 4.78 is 15.1. The molecule has 0 aliphatic heterocycles. The summed E-state index contributed by atoms with van der Waals surface area (Å²) in [7, 11) is 0. The van der Waals surface area contributed by atoms with Crippen LogP contribution in [0.1, 0.15) is 12.5 Å². The van der Waals surface area contributed by atoms with E-state index in [4.69, 9.17) is 14.2 Å². The molecular weight excluding hydrogens is 304 g/mol. The van der Waals surface area contributed by atoms with E-state index >= 15 is 0 Å². The summed E-state index contributed by atoms with van der Waals surface area (Å²) in [5, 5.41) is 10.5. The van der Waals surface area contributed by atoms with Crippen LogP contribution in [0.3, 0.4) is 0 Å². The van der Waals surface area contributed by atoms with Crippen LogP contribution in [-0.2, 0) is 16.1 Å². The molecule has 1 heterocycles. The summed E-state index contributed by atoms with van der Waals surface area (Å²) >= 11 is 0. The molecular formula is C15H14N2O6. The van der Waals surface area contributed by atoms with Crippen molar-refractivity contribution < 1.29 is 23.9 Å². The maximum absolute atomic E-state index is 11.6. The highest BCUT2D eigenvalue weighted by Gasteiger charge is 2.13. The number of benzene rings is 1. The molecule has 120 valence electrons. The third kappa shape index (κ3) is 5.36. The molecule has 23 heavy (non-hydrogen) atoms. The van der Waals surface area contributed by atoms with E-state index in [0.29, 0.717) is 0 Å². The minimum Gasteiger partial charge on any atom is -0.404 e. The highest BCUT2D eigenvalue weighted by atomic mass is 16.8. The zero-order valence-electron chi connectivity index (χ0n) is 12.2. The van der Waals surface area contributed by atoms with E-state index < -0.39 is 17.4 Å². The molecule has 0 aliphatic carbocycles. The first-order chi connectivity index (χ1) is 11.0. The fourth-order valence-corrected chi connectivity index (χ4v) is 1.62. The van der Waals surface area contributed by atoms with Crippen molar-refractivity contribution in [2.45, 2.75) is 19.8 Å². The van der Waals surface area contributed by atoms with E-state index in [-0.39, 0.29) is 18.0 Å². The maximum atomic E-state index is 11.6. The van der Waals surface area contributed by atoms with Crippen molar-refractivity contribution in [1.29, 1.82) is 0 Å². The summed E-state index contributed by atoms with van der Waals surface area (Å²) in [5.41, 5.74) is 0.741. The van der Waals surface area contributed by atoms with E-state index in [0.717, 1.165) is 5.56 Å². The fraction of sp³-hybridized carbons (Fsp3) is 0.200. The Kier molecular flexibility index (Phi) is 5.59. The van der Waals surface area contributed by atoms with Crippen LogP contribution in [0.25, 0.3) is 0 Å². The Hall–Kier alpha value is -3.00. The Morgan fingerprint density at radius 2 is 2.04 bits per heavy atom. The Morgan fingerprint density at radius 1 is 1.30 bits per heavy atom. The van der Waals surface area contributed by atoms with Crippen molar-refractivity contribution in [2.75, 3.05) is 0 Å². The van der Waals surface area contributed by atoms with E-state index in [1.165, 1.54) is 24.3 Å². The van der Waals surface area contributed by atoms with Crippen LogP contribution in [-0.4, -0.2) is 22.4 Å². The second-order valence-electron chi connectivity index (χ2n) is 4.46. The third-order valence-corrected chi connectivity index (χ3v) is 2.72. The molecule has 1 unspecified atom stereocenters. The van der Waals surface area contributed by atoms with Crippen LogP contribution in [0.4, 0.5) is 10.5 Å². The van der Waals surface area contributed by atoms with Gasteiger partial charge in [0.2, 0.25) is 6.29 Å². The smallest absolute Gasteiger partial charge is 0.404 e. The van der Waals surface area contributed by atoms with Crippen LogP contribution >= 0.6 is 0 Å². The van der Waals surface area contributed by atoms with Gasteiger partial charge in [-0.1, -0.05) is 6.07 Å². The Bertz CT molecular complexity index is 659. The van der Waals surface area contributed by atoms with E-state index in [1.54, 1.807) is 25.4 Å². The zero-order valence-corrected chi connectivity index (χ0v) is 12.2. The summed E-state index contributed by atoms with van der Waals surface area (Å²) in [6, 6.07) is 8.67. The van der Waals surface area contributed by atoms with Crippen molar-refractivity contribution in [3.63, 3.8) is 0 Å². The summed E-state index contributed by atoms with van der Waals surface area (Å²) in [6.07, 6.45) is 1.51. The summed E-state index contributed by atoms with van der Waals surface area (Å²) in [4.78, 5) is 25.5. The quantitative estimate of drug-likeness (QED) is 0.265. The maximum Gasteiger partial charge on any atom is 0.516 e. The van der Waals surface area contributed by atoms with Gasteiger partial charge in [0.1, 0.15) is 5.75 Å². The van der Waals surface area contributed by atoms with Gasteiger partial charge >= 0.3 is 6.16 Å². The van der Waals surface area contributed by atoms with E-state index in [1.807, 2.05) is 6.07 Å². The molecule has 2 rings (SSSR count). The van der Waals surface area contributed by atoms with Gasteiger partial charge in [-0.2, -0.15) is 0 Å². The standard InChI is InChI=1S/C15H14N2O6/c1-11(21-10-12-3-2-8-16-9-12)22-15(18)23-14-6-4-13(5-7-14)17(19)20/h2-9,11H,10H2,1H3. The van der Waals surface area contributed by atoms with E-state index in [9.17, 15) is 14.9 Å². The number of non-ortho nitro benzene ring substituents is 1. The molecule has 0 spiro atoms. The molecule has 1 aromatic heterocycles. The minimum atomic E-state index is -0.961. The molecule has 0 radical (unpaired) electrons. The molecule has 8 heteroatoms. The van der Waals surface area contributed by atoms with Gasteiger partial charge in [-0.3, -0.25) is 15.1 Å². The van der Waals surface area contributed by atoms with Crippen molar-refractivity contribution in [2.24, 2.45) is 0 Å². The third-order valence-electron chi connectivity index (χ3n) is 2.72. The van der Waals surface area contributed by atoms with Gasteiger partial charge < -0.3 is 14.2 Å². The Labute approximate surface area is 131 Å². The number of ether oxygens (including phenoxy) is 3. The molecule has 1 aromatic carbocycles. The SMILES string of the molecule is CC(OCc1cccnc1)OC(=O)Oc1ccc([N+](=O)[O-])cc1. The van der Waals surface area contributed by atoms with Crippen LogP contribution in [0, 0.1) is 10.1 Å². The molecule has 2 aromatic rings. The number of aromatic nitrogens is 1. The van der Waals surface area contributed by atoms with Crippen molar-refractivity contribution >= 4 is 11.8 Å². The number of hydrogen-bond donors (Lipinski definition) is 0. The number of nitro benzene ring substituents is 1. The molecule has 1 atom stereocenters. The van der Waals surface area contributed by atoms with Crippen LogP contribution in [0.5, 0.6) is 5.75 Å². The van der Waals surface area contributed by atoms with Crippen molar-refractivity contribution in [3.8, 4) is 5.75 Å². The predicted octanol–water partition coefficient (Wildman–Crippen LogP) is 3.07. The lowest BCUT2D eigenvalue weighted by Crippen LogP contribution is -2.20. The Balaban J connectivity index is 1.78. The first-order valence-electron chi connectivity index (χ1n) is 6.68. The number of hydrogen-bond acceptors (Lipinski definition) is 7. The van der Waals surface area contributed by atoms with Gasteiger partial charge in [0.05, 0.1) is 11.5 Å². The molecule has 0 amide bonds. The lowest BCUT2D eigenvalue weighted by molar-refractivity contribution is -0.384. The number of pyridine rings is 1. The van der Waals surface area contributed by atoms with Gasteiger partial charge in [-0.05, 0) is 30.7 Å².